The molecule has 0 saturated carbocycles. The van der Waals surface area contributed by atoms with Crippen LogP contribution in [0.1, 0.15) is 11.1 Å². The molecule has 0 fully saturated rings. The number of hydrogen-bond donors (Lipinski definition) is 1. The molecule has 1 aromatic carbocycles. The second kappa shape index (κ2) is 6.12. The Hall–Kier alpha value is -0.930. The Bertz CT molecular complexity index is 382. The minimum Gasteiger partial charge on any atom is -0.486 e. The molecule has 0 radical (unpaired) electrons. The lowest BCUT2D eigenvalue weighted by atomic mass is 10.0. The van der Waals surface area contributed by atoms with E-state index in [1.807, 2.05) is 0 Å². The van der Waals surface area contributed by atoms with Crippen molar-refractivity contribution in [3.63, 3.8) is 0 Å². The summed E-state index contributed by atoms with van der Waals surface area (Å²) < 4.78 is 11.1. The van der Waals surface area contributed by atoms with E-state index in [0.29, 0.717) is 19.1 Å². The minimum atomic E-state index is 0.639. The van der Waals surface area contributed by atoms with Crippen LogP contribution in [0.15, 0.2) is 12.1 Å². The second-order valence-corrected chi connectivity index (χ2v) is 4.49. The molecule has 1 N–H and O–H groups in total. The van der Waals surface area contributed by atoms with Gasteiger partial charge in [-0.15, -0.1) is 11.6 Å². The van der Waals surface area contributed by atoms with E-state index < -0.39 is 0 Å². The molecule has 0 aliphatic carbocycles. The third-order valence-electron chi connectivity index (χ3n) is 2.84. The van der Waals surface area contributed by atoms with Crippen molar-refractivity contribution >= 4 is 11.6 Å². The largest absolute Gasteiger partial charge is 0.486 e. The monoisotopic (exact) mass is 255 g/mol. The van der Waals surface area contributed by atoms with Crippen LogP contribution in [0.4, 0.5) is 0 Å². The van der Waals surface area contributed by atoms with Crippen LogP contribution in [0.25, 0.3) is 0 Å². The zero-order valence-electron chi connectivity index (χ0n) is 10.1. The first-order chi connectivity index (χ1) is 8.31. The van der Waals surface area contributed by atoms with E-state index in [-0.39, 0.29) is 0 Å². The van der Waals surface area contributed by atoms with Gasteiger partial charge in [-0.2, -0.15) is 0 Å². The number of hydrogen-bond acceptors (Lipinski definition) is 3. The highest BCUT2D eigenvalue weighted by Crippen LogP contribution is 2.32. The number of alkyl halides is 1. The number of aryl methyl sites for hydroxylation is 1. The first-order valence-electron chi connectivity index (χ1n) is 5.97. The predicted octanol–water partition coefficient (Wildman–Crippen LogP) is 2.14. The topological polar surface area (TPSA) is 30.5 Å². The maximum Gasteiger partial charge on any atom is 0.161 e. The van der Waals surface area contributed by atoms with Crippen LogP contribution in [0.5, 0.6) is 11.5 Å². The summed E-state index contributed by atoms with van der Waals surface area (Å²) >= 11 is 5.61. The lowest BCUT2D eigenvalue weighted by Crippen LogP contribution is -2.20. The Labute approximate surface area is 107 Å². The molecule has 17 heavy (non-hydrogen) atoms. The molecular formula is C13H18ClNO2. The van der Waals surface area contributed by atoms with Crippen molar-refractivity contribution in [1.29, 1.82) is 0 Å². The normalized spacial score (nSPS) is 13.8. The maximum atomic E-state index is 5.61. The highest BCUT2D eigenvalue weighted by atomic mass is 35.5. The van der Waals surface area contributed by atoms with Crippen molar-refractivity contribution in [3.8, 4) is 11.5 Å². The smallest absolute Gasteiger partial charge is 0.161 e. The highest BCUT2D eigenvalue weighted by Gasteiger charge is 2.13. The fourth-order valence-electron chi connectivity index (χ4n) is 1.92. The first-order valence-corrected chi connectivity index (χ1v) is 6.50. The number of ether oxygens (including phenoxy) is 2. The molecule has 0 bridgehead atoms. The molecule has 1 aromatic rings. The number of benzene rings is 1. The Morgan fingerprint density at radius 2 is 1.88 bits per heavy atom. The summed E-state index contributed by atoms with van der Waals surface area (Å²) in [5, 5.41) is 3.29. The zero-order valence-corrected chi connectivity index (χ0v) is 10.8. The van der Waals surface area contributed by atoms with Crippen molar-refractivity contribution in [2.45, 2.75) is 13.3 Å². The van der Waals surface area contributed by atoms with E-state index in [4.69, 9.17) is 21.1 Å². The van der Waals surface area contributed by atoms with Gasteiger partial charge in [-0.25, -0.2) is 0 Å². The van der Waals surface area contributed by atoms with E-state index in [1.165, 1.54) is 11.1 Å². The summed E-state index contributed by atoms with van der Waals surface area (Å²) in [5.41, 5.74) is 2.55. The Balaban J connectivity index is 2.01. The third kappa shape index (κ3) is 3.27. The Morgan fingerprint density at radius 1 is 1.18 bits per heavy atom. The lowest BCUT2D eigenvalue weighted by Gasteiger charge is -2.20. The average molecular weight is 256 g/mol. The quantitative estimate of drug-likeness (QED) is 0.646. The van der Waals surface area contributed by atoms with Crippen LogP contribution < -0.4 is 14.8 Å². The molecular weight excluding hydrogens is 238 g/mol. The highest BCUT2D eigenvalue weighted by molar-refractivity contribution is 6.18. The van der Waals surface area contributed by atoms with Crippen LogP contribution in [-0.4, -0.2) is 32.2 Å². The molecule has 1 aliphatic rings. The second-order valence-electron chi connectivity index (χ2n) is 4.11. The summed E-state index contributed by atoms with van der Waals surface area (Å²) in [4.78, 5) is 0. The van der Waals surface area contributed by atoms with E-state index in [9.17, 15) is 0 Å². The van der Waals surface area contributed by atoms with Crippen LogP contribution in [-0.2, 0) is 6.42 Å². The van der Waals surface area contributed by atoms with Gasteiger partial charge in [0, 0.05) is 12.4 Å². The van der Waals surface area contributed by atoms with Gasteiger partial charge >= 0.3 is 0 Å². The third-order valence-corrected chi connectivity index (χ3v) is 3.03. The van der Waals surface area contributed by atoms with E-state index in [2.05, 4.69) is 24.4 Å². The molecule has 0 aromatic heterocycles. The van der Waals surface area contributed by atoms with Crippen molar-refractivity contribution in [1.82, 2.24) is 5.32 Å². The minimum absolute atomic E-state index is 0.639. The van der Waals surface area contributed by atoms with Gasteiger partial charge in [0.2, 0.25) is 0 Å². The summed E-state index contributed by atoms with van der Waals surface area (Å²) in [5.74, 6) is 2.39. The van der Waals surface area contributed by atoms with Crippen molar-refractivity contribution in [2.75, 3.05) is 32.2 Å². The van der Waals surface area contributed by atoms with E-state index in [1.54, 1.807) is 0 Å². The van der Waals surface area contributed by atoms with Gasteiger partial charge in [-0.1, -0.05) is 0 Å². The van der Waals surface area contributed by atoms with Gasteiger partial charge in [0.25, 0.3) is 0 Å². The fourth-order valence-corrected chi connectivity index (χ4v) is 2.05. The molecule has 94 valence electrons. The summed E-state index contributed by atoms with van der Waals surface area (Å²) in [7, 11) is 0. The summed E-state index contributed by atoms with van der Waals surface area (Å²) in [6, 6.07) is 4.15. The van der Waals surface area contributed by atoms with Crippen LogP contribution in [0.2, 0.25) is 0 Å². The number of halogens is 1. The van der Waals surface area contributed by atoms with Crippen molar-refractivity contribution in [2.24, 2.45) is 0 Å². The molecule has 0 amide bonds. The average Bonchev–Trinajstić information content (AvgIpc) is 2.35. The van der Waals surface area contributed by atoms with Gasteiger partial charge < -0.3 is 14.8 Å². The standard InChI is InChI=1S/C13H18ClNO2/c1-10-8-12-13(17-7-6-16-12)9-11(10)2-4-15-5-3-14/h8-9,15H,2-7H2,1H3. The molecule has 0 unspecified atom stereocenters. The maximum absolute atomic E-state index is 5.61. The Kier molecular flexibility index (Phi) is 4.51. The predicted molar refractivity (Wildman–Crippen MR) is 69.5 cm³/mol. The molecule has 0 atom stereocenters. The lowest BCUT2D eigenvalue weighted by molar-refractivity contribution is 0.171. The van der Waals surface area contributed by atoms with Gasteiger partial charge in [-0.05, 0) is 43.1 Å². The SMILES string of the molecule is Cc1cc2c(cc1CCNCCCl)OCCO2. The fraction of sp³-hybridized carbons (Fsp3) is 0.538. The first kappa shape index (κ1) is 12.5. The molecule has 1 heterocycles. The molecule has 1 aliphatic heterocycles. The van der Waals surface area contributed by atoms with Crippen molar-refractivity contribution < 1.29 is 9.47 Å². The van der Waals surface area contributed by atoms with Crippen LogP contribution in [0, 0.1) is 6.92 Å². The summed E-state index contributed by atoms with van der Waals surface area (Å²) in [6.07, 6.45) is 0.985. The van der Waals surface area contributed by atoms with Gasteiger partial charge in [0.05, 0.1) is 0 Å². The van der Waals surface area contributed by atoms with Gasteiger partial charge in [-0.3, -0.25) is 0 Å². The molecule has 0 spiro atoms. The van der Waals surface area contributed by atoms with Gasteiger partial charge in [0.15, 0.2) is 11.5 Å². The molecule has 4 heteroatoms. The van der Waals surface area contributed by atoms with Crippen LogP contribution in [0.3, 0.4) is 0 Å². The Morgan fingerprint density at radius 3 is 2.59 bits per heavy atom. The molecule has 0 saturated heterocycles. The molecule has 2 rings (SSSR count). The zero-order chi connectivity index (χ0) is 12.1. The van der Waals surface area contributed by atoms with E-state index >= 15 is 0 Å². The number of rotatable bonds is 5. The summed E-state index contributed by atoms with van der Waals surface area (Å²) in [6.45, 7) is 5.18. The number of nitrogens with one attached hydrogen (secondary N) is 1. The molecule has 3 nitrogen and oxygen atoms in total. The van der Waals surface area contributed by atoms with Gasteiger partial charge in [0.1, 0.15) is 13.2 Å². The van der Waals surface area contributed by atoms with E-state index in [0.717, 1.165) is 31.0 Å². The van der Waals surface area contributed by atoms with Crippen LogP contribution >= 0.6 is 11.6 Å². The van der Waals surface area contributed by atoms with Crippen molar-refractivity contribution in [3.05, 3.63) is 23.3 Å². The number of fused-ring (bicyclic) bond motifs is 1.